The zero-order valence-corrected chi connectivity index (χ0v) is 16.0. The summed E-state index contributed by atoms with van der Waals surface area (Å²) in [6.45, 7) is 12.4. The summed E-state index contributed by atoms with van der Waals surface area (Å²) in [5.41, 5.74) is 1.05. The molecule has 0 bridgehead atoms. The third kappa shape index (κ3) is 6.58. The normalized spacial score (nSPS) is 17.3. The molecule has 2 N–H and O–H groups in total. The molecular formula is C20H33N3O2. The molecule has 0 aliphatic carbocycles. The molecule has 0 saturated carbocycles. The second-order valence-corrected chi connectivity index (χ2v) is 7.31. The first-order valence-electron chi connectivity index (χ1n) is 9.50. The average molecular weight is 348 g/mol. The van der Waals surface area contributed by atoms with E-state index in [2.05, 4.69) is 29.4 Å². The van der Waals surface area contributed by atoms with Gasteiger partial charge in [0.2, 0.25) is 0 Å². The van der Waals surface area contributed by atoms with Gasteiger partial charge in [0.05, 0.1) is 12.6 Å². The van der Waals surface area contributed by atoms with Crippen molar-refractivity contribution in [2.45, 2.75) is 52.6 Å². The van der Waals surface area contributed by atoms with Gasteiger partial charge in [-0.25, -0.2) is 4.79 Å². The second-order valence-electron chi connectivity index (χ2n) is 7.31. The highest BCUT2D eigenvalue weighted by atomic mass is 16.5. The van der Waals surface area contributed by atoms with Crippen molar-refractivity contribution in [2.75, 3.05) is 26.2 Å². The first kappa shape index (κ1) is 19.6. The molecule has 0 aromatic heterocycles. The van der Waals surface area contributed by atoms with Gasteiger partial charge in [0, 0.05) is 25.7 Å². The number of rotatable bonds is 7. The van der Waals surface area contributed by atoms with Crippen molar-refractivity contribution in [1.82, 2.24) is 15.5 Å². The lowest BCUT2D eigenvalue weighted by atomic mass is 10.0. The van der Waals surface area contributed by atoms with Crippen LogP contribution in [-0.4, -0.2) is 43.2 Å². The van der Waals surface area contributed by atoms with Gasteiger partial charge >= 0.3 is 6.03 Å². The molecular weight excluding hydrogens is 314 g/mol. The number of likely N-dealkylation sites (tertiary alicyclic amines) is 1. The van der Waals surface area contributed by atoms with Gasteiger partial charge in [-0.05, 0) is 50.3 Å². The second kappa shape index (κ2) is 9.66. The molecule has 1 atom stereocenters. The van der Waals surface area contributed by atoms with Crippen LogP contribution in [0.4, 0.5) is 4.79 Å². The topological polar surface area (TPSA) is 53.6 Å². The van der Waals surface area contributed by atoms with Crippen molar-refractivity contribution in [1.29, 1.82) is 0 Å². The van der Waals surface area contributed by atoms with E-state index in [1.165, 1.54) is 0 Å². The fourth-order valence-corrected chi connectivity index (χ4v) is 3.32. The van der Waals surface area contributed by atoms with Crippen molar-refractivity contribution in [3.63, 3.8) is 0 Å². The summed E-state index contributed by atoms with van der Waals surface area (Å²) in [7, 11) is 0. The first-order chi connectivity index (χ1) is 12.0. The molecule has 5 nitrogen and oxygen atoms in total. The van der Waals surface area contributed by atoms with E-state index in [1.807, 2.05) is 38.1 Å². The van der Waals surface area contributed by atoms with Gasteiger partial charge in [-0.3, -0.25) is 0 Å². The number of benzene rings is 1. The number of nitrogens with zero attached hydrogens (tertiary/aromatic N) is 1. The number of piperidine rings is 1. The highest BCUT2D eigenvalue weighted by molar-refractivity contribution is 5.74. The SMILES string of the molecule is CCOc1cccc(C(C)NC(=O)NC2CCN(CC(C)C)CC2)c1. The number of carbonyl (C=O) groups is 1. The van der Waals surface area contributed by atoms with Crippen LogP contribution in [0.5, 0.6) is 5.75 Å². The Hall–Kier alpha value is -1.75. The Morgan fingerprint density at radius 1 is 1.28 bits per heavy atom. The third-order valence-corrected chi connectivity index (χ3v) is 4.56. The predicted octanol–water partition coefficient (Wildman–Crippen LogP) is 3.57. The molecule has 1 aromatic carbocycles. The minimum Gasteiger partial charge on any atom is -0.494 e. The molecule has 140 valence electrons. The molecule has 2 amide bonds. The van der Waals surface area contributed by atoms with Crippen molar-refractivity contribution < 1.29 is 9.53 Å². The number of amides is 2. The van der Waals surface area contributed by atoms with Crippen LogP contribution in [0, 0.1) is 5.92 Å². The highest BCUT2D eigenvalue weighted by Gasteiger charge is 2.21. The van der Waals surface area contributed by atoms with Crippen molar-refractivity contribution in [3.8, 4) is 5.75 Å². The maximum absolute atomic E-state index is 12.3. The number of urea groups is 1. The molecule has 5 heteroatoms. The van der Waals surface area contributed by atoms with E-state index in [1.54, 1.807) is 0 Å². The summed E-state index contributed by atoms with van der Waals surface area (Å²) in [5.74, 6) is 1.53. The number of hydrogen-bond donors (Lipinski definition) is 2. The van der Waals surface area contributed by atoms with E-state index in [4.69, 9.17) is 4.74 Å². The minimum absolute atomic E-state index is 0.0542. The van der Waals surface area contributed by atoms with Crippen LogP contribution in [0.25, 0.3) is 0 Å². The number of hydrogen-bond acceptors (Lipinski definition) is 3. The highest BCUT2D eigenvalue weighted by Crippen LogP contribution is 2.19. The number of nitrogens with one attached hydrogen (secondary N) is 2. The Morgan fingerprint density at radius 2 is 2.00 bits per heavy atom. The molecule has 25 heavy (non-hydrogen) atoms. The first-order valence-corrected chi connectivity index (χ1v) is 9.50. The van der Waals surface area contributed by atoms with E-state index >= 15 is 0 Å². The number of ether oxygens (including phenoxy) is 1. The van der Waals surface area contributed by atoms with Gasteiger partial charge in [0.15, 0.2) is 0 Å². The van der Waals surface area contributed by atoms with Gasteiger partial charge in [-0.15, -0.1) is 0 Å². The van der Waals surface area contributed by atoms with Crippen LogP contribution in [0.3, 0.4) is 0 Å². The smallest absolute Gasteiger partial charge is 0.315 e. The maximum atomic E-state index is 12.3. The molecule has 1 aromatic rings. The number of carbonyl (C=O) groups excluding carboxylic acids is 1. The summed E-state index contributed by atoms with van der Waals surface area (Å²) in [4.78, 5) is 14.8. The summed E-state index contributed by atoms with van der Waals surface area (Å²) in [6.07, 6.45) is 2.04. The van der Waals surface area contributed by atoms with Crippen LogP contribution in [0.1, 0.15) is 52.1 Å². The standard InChI is InChI=1S/C20H33N3O2/c1-5-25-19-8-6-7-17(13-19)16(4)21-20(24)22-18-9-11-23(12-10-18)14-15(2)3/h6-8,13,15-16,18H,5,9-12,14H2,1-4H3,(H2,21,22,24). The van der Waals surface area contributed by atoms with E-state index in [-0.39, 0.29) is 18.1 Å². The molecule has 1 fully saturated rings. The Kier molecular flexibility index (Phi) is 7.56. The van der Waals surface area contributed by atoms with Crippen LogP contribution in [0.2, 0.25) is 0 Å². The van der Waals surface area contributed by atoms with E-state index in [9.17, 15) is 4.79 Å². The molecule has 0 spiro atoms. The lowest BCUT2D eigenvalue weighted by Gasteiger charge is -2.33. The third-order valence-electron chi connectivity index (χ3n) is 4.56. The largest absolute Gasteiger partial charge is 0.494 e. The summed E-state index contributed by atoms with van der Waals surface area (Å²) >= 11 is 0. The Labute approximate surface area is 152 Å². The maximum Gasteiger partial charge on any atom is 0.315 e. The molecule has 1 saturated heterocycles. The lowest BCUT2D eigenvalue weighted by molar-refractivity contribution is 0.177. The van der Waals surface area contributed by atoms with Gasteiger partial charge in [0.25, 0.3) is 0 Å². The fourth-order valence-electron chi connectivity index (χ4n) is 3.32. The Bertz CT molecular complexity index is 539. The minimum atomic E-state index is -0.0865. The zero-order valence-electron chi connectivity index (χ0n) is 16.0. The summed E-state index contributed by atoms with van der Waals surface area (Å²) in [6, 6.07) is 8.02. The van der Waals surface area contributed by atoms with Crippen molar-refractivity contribution >= 4 is 6.03 Å². The van der Waals surface area contributed by atoms with Crippen LogP contribution in [-0.2, 0) is 0 Å². The van der Waals surface area contributed by atoms with Gasteiger partial charge in [-0.1, -0.05) is 26.0 Å². The Morgan fingerprint density at radius 3 is 2.64 bits per heavy atom. The lowest BCUT2D eigenvalue weighted by Crippen LogP contribution is -2.48. The zero-order chi connectivity index (χ0) is 18.2. The average Bonchev–Trinajstić information content (AvgIpc) is 2.56. The Balaban J connectivity index is 1.77. The molecule has 1 heterocycles. The van der Waals surface area contributed by atoms with Gasteiger partial charge in [0.1, 0.15) is 5.75 Å². The van der Waals surface area contributed by atoms with Gasteiger partial charge < -0.3 is 20.3 Å². The molecule has 2 rings (SSSR count). The fraction of sp³-hybridized carbons (Fsp3) is 0.650. The van der Waals surface area contributed by atoms with E-state index in [0.29, 0.717) is 12.5 Å². The molecule has 0 radical (unpaired) electrons. The van der Waals surface area contributed by atoms with Crippen LogP contribution >= 0.6 is 0 Å². The summed E-state index contributed by atoms with van der Waals surface area (Å²) < 4.78 is 5.53. The van der Waals surface area contributed by atoms with E-state index < -0.39 is 0 Å². The quantitative estimate of drug-likeness (QED) is 0.793. The monoisotopic (exact) mass is 347 g/mol. The van der Waals surface area contributed by atoms with E-state index in [0.717, 1.165) is 43.8 Å². The van der Waals surface area contributed by atoms with Crippen LogP contribution in [0.15, 0.2) is 24.3 Å². The molecule has 1 aliphatic rings. The van der Waals surface area contributed by atoms with Gasteiger partial charge in [-0.2, -0.15) is 0 Å². The molecule has 1 aliphatic heterocycles. The molecule has 1 unspecified atom stereocenters. The van der Waals surface area contributed by atoms with Crippen molar-refractivity contribution in [2.24, 2.45) is 5.92 Å². The summed E-state index contributed by atoms with van der Waals surface area (Å²) in [5, 5.41) is 6.16. The predicted molar refractivity (Wildman–Crippen MR) is 102 cm³/mol. The van der Waals surface area contributed by atoms with Crippen molar-refractivity contribution in [3.05, 3.63) is 29.8 Å². The van der Waals surface area contributed by atoms with Crippen LogP contribution < -0.4 is 15.4 Å².